The van der Waals surface area contributed by atoms with Crippen molar-refractivity contribution in [1.82, 2.24) is 0 Å². The van der Waals surface area contributed by atoms with E-state index in [0.29, 0.717) is 11.0 Å². The second-order valence-electron chi connectivity index (χ2n) is 3.93. The minimum Gasteiger partial charge on any atom is -0.422 e. The van der Waals surface area contributed by atoms with Crippen LogP contribution in [0, 0.1) is 0 Å². The number of rotatable bonds is 2. The fraction of sp³-hybridized carbons (Fsp3) is 0.167. The molecule has 5 nitrogen and oxygen atoms in total. The van der Waals surface area contributed by atoms with E-state index < -0.39 is 11.5 Å². The molecule has 0 bridgehead atoms. The molecule has 1 amide bonds. The number of hydrogen-bond donors (Lipinski definition) is 1. The Kier molecular flexibility index (Phi) is 2.59. The maximum atomic E-state index is 11.5. The van der Waals surface area contributed by atoms with Crippen molar-refractivity contribution in [1.29, 1.82) is 0 Å². The van der Waals surface area contributed by atoms with E-state index in [0.717, 1.165) is 5.69 Å². The molecule has 1 aromatic carbocycles. The van der Waals surface area contributed by atoms with Gasteiger partial charge in [0.1, 0.15) is 11.1 Å². The van der Waals surface area contributed by atoms with Crippen molar-refractivity contribution in [3.63, 3.8) is 0 Å². The van der Waals surface area contributed by atoms with E-state index in [-0.39, 0.29) is 5.56 Å². The fourth-order valence-electron chi connectivity index (χ4n) is 1.55. The Hall–Kier alpha value is -2.30. The van der Waals surface area contributed by atoms with Gasteiger partial charge in [0.15, 0.2) is 0 Å². The number of nitrogens with zero attached hydrogens (tertiary/aromatic N) is 1. The monoisotopic (exact) mass is 232 g/mol. The van der Waals surface area contributed by atoms with Crippen LogP contribution in [0.4, 0.5) is 5.69 Å². The second-order valence-corrected chi connectivity index (χ2v) is 3.93. The zero-order chi connectivity index (χ0) is 12.6. The number of primary amides is 1. The quantitative estimate of drug-likeness (QED) is 0.782. The molecule has 0 aliphatic carbocycles. The zero-order valence-electron chi connectivity index (χ0n) is 9.56. The summed E-state index contributed by atoms with van der Waals surface area (Å²) in [5, 5.41) is 0.670. The van der Waals surface area contributed by atoms with Gasteiger partial charge in [0, 0.05) is 31.2 Å². The van der Waals surface area contributed by atoms with Crippen LogP contribution in [0.2, 0.25) is 0 Å². The molecule has 2 N–H and O–H groups in total. The van der Waals surface area contributed by atoms with Gasteiger partial charge in [-0.3, -0.25) is 4.79 Å². The number of hydrogen-bond acceptors (Lipinski definition) is 4. The molecule has 0 unspecified atom stereocenters. The molecule has 2 aromatic rings. The molecule has 1 aromatic heterocycles. The van der Waals surface area contributed by atoms with Crippen LogP contribution in [-0.2, 0) is 0 Å². The molecule has 0 spiro atoms. The number of amides is 1. The van der Waals surface area contributed by atoms with Crippen LogP contribution in [0.3, 0.4) is 0 Å². The standard InChI is InChI=1S/C12H12N2O3/c1-14(2)8-4-3-7-5-9(11(13)15)12(16)17-10(7)6-8/h3-6H,1-2H3,(H2,13,15). The van der Waals surface area contributed by atoms with Crippen LogP contribution < -0.4 is 16.3 Å². The van der Waals surface area contributed by atoms with Crippen molar-refractivity contribution in [2.75, 3.05) is 19.0 Å². The Balaban J connectivity index is 2.70. The zero-order valence-corrected chi connectivity index (χ0v) is 9.56. The van der Waals surface area contributed by atoms with Crippen LogP contribution in [-0.4, -0.2) is 20.0 Å². The van der Waals surface area contributed by atoms with E-state index in [1.807, 2.05) is 25.1 Å². The fourth-order valence-corrected chi connectivity index (χ4v) is 1.55. The van der Waals surface area contributed by atoms with Crippen LogP contribution in [0.5, 0.6) is 0 Å². The molecule has 17 heavy (non-hydrogen) atoms. The molecule has 0 aliphatic rings. The van der Waals surface area contributed by atoms with Crippen molar-refractivity contribution in [3.8, 4) is 0 Å². The molecule has 0 saturated carbocycles. The number of carbonyl (C=O) groups is 1. The molecule has 0 saturated heterocycles. The number of fused-ring (bicyclic) bond motifs is 1. The molecule has 88 valence electrons. The lowest BCUT2D eigenvalue weighted by Crippen LogP contribution is -2.20. The van der Waals surface area contributed by atoms with Gasteiger partial charge in [-0.2, -0.15) is 0 Å². The summed E-state index contributed by atoms with van der Waals surface area (Å²) in [7, 11) is 3.77. The van der Waals surface area contributed by atoms with E-state index in [1.165, 1.54) is 6.07 Å². The largest absolute Gasteiger partial charge is 0.422 e. The van der Waals surface area contributed by atoms with Gasteiger partial charge >= 0.3 is 5.63 Å². The number of benzene rings is 1. The lowest BCUT2D eigenvalue weighted by Gasteiger charge is -2.12. The highest BCUT2D eigenvalue weighted by atomic mass is 16.4. The Bertz CT molecular complexity index is 644. The van der Waals surface area contributed by atoms with Crippen LogP contribution in [0.25, 0.3) is 11.0 Å². The smallest absolute Gasteiger partial charge is 0.349 e. The first-order valence-electron chi connectivity index (χ1n) is 5.04. The summed E-state index contributed by atoms with van der Waals surface area (Å²) in [6.07, 6.45) is 0. The average molecular weight is 232 g/mol. The van der Waals surface area contributed by atoms with E-state index >= 15 is 0 Å². The van der Waals surface area contributed by atoms with Crippen LogP contribution in [0.15, 0.2) is 33.5 Å². The van der Waals surface area contributed by atoms with E-state index in [1.54, 1.807) is 12.1 Å². The first-order valence-corrected chi connectivity index (χ1v) is 5.04. The Morgan fingerprint density at radius 1 is 1.29 bits per heavy atom. The highest BCUT2D eigenvalue weighted by Crippen LogP contribution is 2.20. The van der Waals surface area contributed by atoms with Crippen molar-refractivity contribution in [2.45, 2.75) is 0 Å². The summed E-state index contributed by atoms with van der Waals surface area (Å²) in [6, 6.07) is 6.83. The van der Waals surface area contributed by atoms with Crippen LogP contribution >= 0.6 is 0 Å². The van der Waals surface area contributed by atoms with Gasteiger partial charge < -0.3 is 15.1 Å². The first kappa shape index (κ1) is 11.2. The number of nitrogens with two attached hydrogens (primary N) is 1. The summed E-state index contributed by atoms with van der Waals surface area (Å²) < 4.78 is 5.06. The second kappa shape index (κ2) is 3.93. The van der Waals surface area contributed by atoms with E-state index in [9.17, 15) is 9.59 Å². The average Bonchev–Trinajstić information content (AvgIpc) is 2.26. The normalized spacial score (nSPS) is 10.5. The van der Waals surface area contributed by atoms with Gasteiger partial charge in [0.25, 0.3) is 5.91 Å². The van der Waals surface area contributed by atoms with Gasteiger partial charge in [-0.1, -0.05) is 0 Å². The molecular weight excluding hydrogens is 220 g/mol. The van der Waals surface area contributed by atoms with Crippen molar-refractivity contribution in [3.05, 3.63) is 40.2 Å². The minimum atomic E-state index is -0.780. The Morgan fingerprint density at radius 2 is 2.00 bits per heavy atom. The molecular formula is C12H12N2O3. The Labute approximate surface area is 97.4 Å². The van der Waals surface area contributed by atoms with Gasteiger partial charge in [-0.15, -0.1) is 0 Å². The predicted molar refractivity (Wildman–Crippen MR) is 65.3 cm³/mol. The molecule has 2 rings (SSSR count). The summed E-state index contributed by atoms with van der Waals surface area (Å²) in [4.78, 5) is 24.4. The Morgan fingerprint density at radius 3 is 2.59 bits per heavy atom. The third-order valence-electron chi connectivity index (χ3n) is 2.50. The molecule has 0 radical (unpaired) electrons. The number of carbonyl (C=O) groups excluding carboxylic acids is 1. The SMILES string of the molecule is CN(C)c1ccc2cc(C(N)=O)c(=O)oc2c1. The maximum Gasteiger partial charge on any atom is 0.349 e. The molecule has 1 heterocycles. The number of anilines is 1. The topological polar surface area (TPSA) is 76.5 Å². The first-order chi connectivity index (χ1) is 7.99. The summed E-state index contributed by atoms with van der Waals surface area (Å²) >= 11 is 0. The molecule has 0 atom stereocenters. The van der Waals surface area contributed by atoms with E-state index in [2.05, 4.69) is 0 Å². The summed E-state index contributed by atoms with van der Waals surface area (Å²) in [5.74, 6) is -0.780. The highest BCUT2D eigenvalue weighted by Gasteiger charge is 2.10. The van der Waals surface area contributed by atoms with Gasteiger partial charge in [-0.25, -0.2) is 4.79 Å². The van der Waals surface area contributed by atoms with Gasteiger partial charge in [0.2, 0.25) is 0 Å². The van der Waals surface area contributed by atoms with Crippen molar-refractivity contribution >= 4 is 22.6 Å². The molecule has 5 heteroatoms. The minimum absolute atomic E-state index is 0.130. The van der Waals surface area contributed by atoms with Gasteiger partial charge in [0.05, 0.1) is 0 Å². The maximum absolute atomic E-state index is 11.5. The van der Waals surface area contributed by atoms with Crippen molar-refractivity contribution in [2.24, 2.45) is 5.73 Å². The highest BCUT2D eigenvalue weighted by molar-refractivity contribution is 5.95. The predicted octanol–water partition coefficient (Wildman–Crippen LogP) is 0.958. The summed E-state index contributed by atoms with van der Waals surface area (Å²) in [6.45, 7) is 0. The lowest BCUT2D eigenvalue weighted by molar-refractivity contribution is 0.0997. The van der Waals surface area contributed by atoms with Crippen molar-refractivity contribution < 1.29 is 9.21 Å². The summed E-state index contributed by atoms with van der Waals surface area (Å²) in [5.41, 5.74) is 5.59. The lowest BCUT2D eigenvalue weighted by atomic mass is 10.1. The third kappa shape index (κ3) is 1.99. The van der Waals surface area contributed by atoms with E-state index in [4.69, 9.17) is 10.2 Å². The van der Waals surface area contributed by atoms with Gasteiger partial charge in [-0.05, 0) is 18.2 Å². The third-order valence-corrected chi connectivity index (χ3v) is 2.50. The molecule has 0 fully saturated rings. The van der Waals surface area contributed by atoms with Crippen LogP contribution in [0.1, 0.15) is 10.4 Å². The molecule has 0 aliphatic heterocycles.